The Labute approximate surface area is 201 Å². The molecule has 0 unspecified atom stereocenters. The molecule has 34 heavy (non-hydrogen) atoms. The van der Waals surface area contributed by atoms with E-state index >= 15 is 0 Å². The average molecular weight is 471 g/mol. The lowest BCUT2D eigenvalue weighted by Gasteiger charge is -2.57. The number of hydrogen-bond donors (Lipinski definition) is 2. The molecule has 2 heterocycles. The molecule has 0 aromatic carbocycles. The molecular formula is C28H38O6. The Hall–Kier alpha value is -1.24. The first-order chi connectivity index (χ1) is 15.9. The van der Waals surface area contributed by atoms with Crippen LogP contribution in [-0.4, -0.2) is 51.5 Å². The summed E-state index contributed by atoms with van der Waals surface area (Å²) in [7, 11) is 0. The van der Waals surface area contributed by atoms with Crippen molar-refractivity contribution in [1.29, 1.82) is 0 Å². The maximum atomic E-state index is 13.3. The van der Waals surface area contributed by atoms with Gasteiger partial charge in [-0.3, -0.25) is 4.79 Å². The summed E-state index contributed by atoms with van der Waals surface area (Å²) in [5.74, 6) is 0.772. The molecular weight excluding hydrogens is 432 g/mol. The topological polar surface area (TPSA) is 96.4 Å². The maximum Gasteiger partial charge on any atom is 0.338 e. The fraction of sp³-hybridized carbons (Fsp3) is 0.857. The van der Waals surface area contributed by atoms with Crippen molar-refractivity contribution in [3.05, 3.63) is 12.2 Å². The van der Waals surface area contributed by atoms with Crippen molar-refractivity contribution in [2.24, 2.45) is 45.8 Å². The third-order valence-electron chi connectivity index (χ3n) is 12.8. The molecule has 2 aliphatic heterocycles. The van der Waals surface area contributed by atoms with E-state index in [9.17, 15) is 19.8 Å². The average Bonchev–Trinajstić information content (AvgIpc) is 3.28. The zero-order chi connectivity index (χ0) is 24.1. The van der Waals surface area contributed by atoms with Crippen LogP contribution in [0, 0.1) is 45.8 Å². The minimum Gasteiger partial charge on any atom is -0.460 e. The van der Waals surface area contributed by atoms with E-state index in [0.717, 1.165) is 32.1 Å². The Kier molecular flexibility index (Phi) is 3.99. The molecule has 0 amide bonds. The number of aliphatic hydroxyl groups is 2. The zero-order valence-electron chi connectivity index (χ0n) is 20.8. The van der Waals surface area contributed by atoms with Gasteiger partial charge in [0.1, 0.15) is 11.7 Å². The number of fused-ring (bicyclic) bond motifs is 6. The number of hydrogen-bond acceptors (Lipinski definition) is 6. The minimum atomic E-state index is -1.49. The summed E-state index contributed by atoms with van der Waals surface area (Å²) in [5.41, 5.74) is -2.86. The van der Waals surface area contributed by atoms with Crippen LogP contribution in [0.15, 0.2) is 12.2 Å². The van der Waals surface area contributed by atoms with E-state index in [1.54, 1.807) is 13.0 Å². The Morgan fingerprint density at radius 1 is 1.03 bits per heavy atom. The van der Waals surface area contributed by atoms with Crippen molar-refractivity contribution in [1.82, 2.24) is 0 Å². The first-order valence-electron chi connectivity index (χ1n) is 13.4. The van der Waals surface area contributed by atoms with E-state index in [1.165, 1.54) is 0 Å². The maximum absolute atomic E-state index is 13.3. The molecule has 2 N–H and O–H groups in total. The highest BCUT2D eigenvalue weighted by atomic mass is 16.6. The molecule has 6 nitrogen and oxygen atoms in total. The molecule has 0 radical (unpaired) electrons. The van der Waals surface area contributed by atoms with Crippen LogP contribution in [0.2, 0.25) is 0 Å². The van der Waals surface area contributed by atoms with Gasteiger partial charge in [-0.25, -0.2) is 4.79 Å². The van der Waals surface area contributed by atoms with E-state index in [0.29, 0.717) is 24.7 Å². The van der Waals surface area contributed by atoms with Crippen molar-refractivity contribution in [2.45, 2.75) is 102 Å². The molecule has 1 spiro atoms. The van der Waals surface area contributed by atoms with Gasteiger partial charge in [-0.2, -0.15) is 0 Å². The summed E-state index contributed by atoms with van der Waals surface area (Å²) in [6, 6.07) is 0. The molecule has 2 saturated heterocycles. The van der Waals surface area contributed by atoms with Gasteiger partial charge in [0.2, 0.25) is 0 Å². The number of ketones is 1. The second-order valence-corrected chi connectivity index (χ2v) is 13.8. The van der Waals surface area contributed by atoms with Crippen molar-refractivity contribution in [3.63, 3.8) is 0 Å². The van der Waals surface area contributed by atoms with Crippen LogP contribution in [0.1, 0.15) is 72.6 Å². The molecule has 6 heteroatoms. The number of carbonyl (C=O) groups is 2. The van der Waals surface area contributed by atoms with E-state index in [2.05, 4.69) is 13.8 Å². The highest BCUT2D eigenvalue weighted by Crippen LogP contribution is 2.74. The zero-order valence-corrected chi connectivity index (χ0v) is 20.8. The number of rotatable bonds is 1. The first kappa shape index (κ1) is 22.0. The third kappa shape index (κ3) is 2.22. The smallest absolute Gasteiger partial charge is 0.338 e. The summed E-state index contributed by atoms with van der Waals surface area (Å²) in [4.78, 5) is 25.9. The molecule has 6 fully saturated rings. The summed E-state index contributed by atoms with van der Waals surface area (Å²) >= 11 is 0. The first-order valence-corrected chi connectivity index (χ1v) is 13.4. The van der Waals surface area contributed by atoms with Gasteiger partial charge >= 0.3 is 5.97 Å². The predicted octanol–water partition coefficient (Wildman–Crippen LogP) is 3.19. The Morgan fingerprint density at radius 3 is 2.56 bits per heavy atom. The molecule has 7 rings (SSSR count). The standard InChI is InChI=1S/C28H38O6/c1-24-12-15(19(13-24)33-23(31)27(24,4)32)22-18(29)11-17-14-10-21-28(34-21)8-5-6-20(30)26(28,3)16(14)7-9-25(17,22)2/h5-6,14-19,21-22,29,32H,7-13H2,1-4H3/t14-,15-,16+,17+,18-,19-,21-,22+,24-,25+,26+,27+,28-/m1/s1. The Balaban J connectivity index is 1.23. The van der Waals surface area contributed by atoms with Gasteiger partial charge in [0.05, 0.1) is 17.6 Å². The number of allylic oxidation sites excluding steroid dienone is 1. The van der Waals surface area contributed by atoms with Gasteiger partial charge in [-0.15, -0.1) is 0 Å². The molecule has 0 aromatic heterocycles. The third-order valence-corrected chi connectivity index (χ3v) is 12.8. The van der Waals surface area contributed by atoms with Crippen molar-refractivity contribution in [3.8, 4) is 0 Å². The van der Waals surface area contributed by atoms with E-state index in [-0.39, 0.29) is 46.8 Å². The highest BCUT2D eigenvalue weighted by Gasteiger charge is 2.78. The number of esters is 1. The van der Waals surface area contributed by atoms with Gasteiger partial charge in [0, 0.05) is 11.3 Å². The van der Waals surface area contributed by atoms with Gasteiger partial charge < -0.3 is 19.7 Å². The van der Waals surface area contributed by atoms with Crippen LogP contribution in [0.5, 0.6) is 0 Å². The van der Waals surface area contributed by atoms with Crippen molar-refractivity contribution in [2.75, 3.05) is 0 Å². The van der Waals surface area contributed by atoms with Crippen LogP contribution < -0.4 is 0 Å². The monoisotopic (exact) mass is 470 g/mol. The SMILES string of the molecule is C[C@]12CC[C@H]3[C@@H](C[C@H]4O[C@]45CC=CC(=O)[C@]35C)[C@@H]1C[C@@H](O)[C@@H]2[C@@H]1C[C@]2(C)C[C@H]1OC(=O)[C@]2(C)O. The highest BCUT2D eigenvalue weighted by molar-refractivity contribution is 5.97. The summed E-state index contributed by atoms with van der Waals surface area (Å²) < 4.78 is 12.2. The largest absolute Gasteiger partial charge is 0.460 e. The van der Waals surface area contributed by atoms with Gasteiger partial charge in [-0.05, 0) is 94.0 Å². The molecule has 2 bridgehead atoms. The Morgan fingerprint density at radius 2 is 1.79 bits per heavy atom. The fourth-order valence-electron chi connectivity index (χ4n) is 10.6. The lowest BCUT2D eigenvalue weighted by Crippen LogP contribution is -2.60. The van der Waals surface area contributed by atoms with Crippen molar-refractivity contribution >= 4 is 11.8 Å². The molecule has 7 aliphatic rings. The van der Waals surface area contributed by atoms with Gasteiger partial charge in [0.15, 0.2) is 11.4 Å². The van der Waals surface area contributed by atoms with Crippen LogP contribution in [0.3, 0.4) is 0 Å². The molecule has 186 valence electrons. The molecule has 13 atom stereocenters. The van der Waals surface area contributed by atoms with Crippen LogP contribution >= 0.6 is 0 Å². The summed E-state index contributed by atoms with van der Waals surface area (Å²) in [6.07, 6.45) is 9.10. The second kappa shape index (κ2) is 6.18. The van der Waals surface area contributed by atoms with Crippen LogP contribution in [-0.2, 0) is 19.1 Å². The van der Waals surface area contributed by atoms with Crippen LogP contribution in [0.25, 0.3) is 0 Å². The van der Waals surface area contributed by atoms with E-state index in [4.69, 9.17) is 9.47 Å². The molecule has 5 aliphatic carbocycles. The number of aliphatic hydroxyl groups excluding tert-OH is 1. The fourth-order valence-corrected chi connectivity index (χ4v) is 10.6. The lowest BCUT2D eigenvalue weighted by atomic mass is 9.44. The quantitative estimate of drug-likeness (QED) is 0.451. The molecule has 0 aromatic rings. The van der Waals surface area contributed by atoms with Gasteiger partial charge in [0.25, 0.3) is 0 Å². The van der Waals surface area contributed by atoms with Gasteiger partial charge in [-0.1, -0.05) is 19.9 Å². The molecule has 4 saturated carbocycles. The summed E-state index contributed by atoms with van der Waals surface area (Å²) in [6.45, 7) is 8.10. The predicted molar refractivity (Wildman–Crippen MR) is 122 cm³/mol. The normalized spacial score (nSPS) is 63.5. The van der Waals surface area contributed by atoms with E-state index < -0.39 is 28.5 Å². The summed E-state index contributed by atoms with van der Waals surface area (Å²) in [5, 5.41) is 22.5. The Bertz CT molecular complexity index is 1020. The second-order valence-electron chi connectivity index (χ2n) is 13.8. The van der Waals surface area contributed by atoms with E-state index in [1.807, 2.05) is 13.0 Å². The lowest BCUT2D eigenvalue weighted by molar-refractivity contribution is -0.195. The number of ether oxygens (including phenoxy) is 2. The number of epoxide rings is 1. The van der Waals surface area contributed by atoms with Crippen LogP contribution in [0.4, 0.5) is 0 Å². The number of carbonyl (C=O) groups excluding carboxylic acids is 2. The minimum absolute atomic E-state index is 0.0357. The van der Waals surface area contributed by atoms with Crippen molar-refractivity contribution < 1.29 is 29.3 Å².